The number of allylic oxidation sites excluding steroid dienone is 2. The maximum absolute atomic E-state index is 4.67. The number of hydrogen-bond acceptors (Lipinski definition) is 0. The van der Waals surface area contributed by atoms with Gasteiger partial charge < -0.3 is 0 Å². The maximum atomic E-state index is 4.67. The van der Waals surface area contributed by atoms with Gasteiger partial charge in [0.05, 0.1) is 0 Å². The summed E-state index contributed by atoms with van der Waals surface area (Å²) < 4.78 is 0. The smallest absolute Gasteiger partial charge is 0.0118 e. The molecule has 0 aromatic carbocycles. The molecule has 0 aliphatic heterocycles. The second-order valence-corrected chi connectivity index (χ2v) is 9.53. The Labute approximate surface area is 137 Å². The van der Waals surface area contributed by atoms with Gasteiger partial charge in [-0.3, -0.25) is 0 Å². The molecular formula is C22H34. The van der Waals surface area contributed by atoms with E-state index in [0.29, 0.717) is 10.8 Å². The van der Waals surface area contributed by atoms with Crippen LogP contribution < -0.4 is 0 Å². The van der Waals surface area contributed by atoms with Crippen molar-refractivity contribution in [1.82, 2.24) is 0 Å². The normalized spacial score (nSPS) is 54.3. The van der Waals surface area contributed by atoms with Gasteiger partial charge in [-0.25, -0.2) is 0 Å². The molecule has 0 nitrogen and oxygen atoms in total. The molecule has 0 saturated heterocycles. The van der Waals surface area contributed by atoms with Crippen molar-refractivity contribution in [2.24, 2.45) is 40.4 Å². The van der Waals surface area contributed by atoms with Crippen LogP contribution in [0.1, 0.15) is 71.6 Å². The van der Waals surface area contributed by atoms with E-state index in [4.69, 9.17) is 0 Å². The van der Waals surface area contributed by atoms with E-state index >= 15 is 0 Å². The summed E-state index contributed by atoms with van der Waals surface area (Å²) in [5.41, 5.74) is 2.66. The fourth-order valence-corrected chi connectivity index (χ4v) is 7.81. The number of fused-ring (bicyclic) bond motifs is 5. The first kappa shape index (κ1) is 15.0. The number of rotatable bonds is 1. The third-order valence-electron chi connectivity index (χ3n) is 8.77. The summed E-state index contributed by atoms with van der Waals surface area (Å²) in [7, 11) is 0. The molecule has 0 heterocycles. The minimum absolute atomic E-state index is 0.470. The Morgan fingerprint density at radius 1 is 1.00 bits per heavy atom. The van der Waals surface area contributed by atoms with Gasteiger partial charge in [0.2, 0.25) is 0 Å². The maximum Gasteiger partial charge on any atom is -0.0118 e. The van der Waals surface area contributed by atoms with Gasteiger partial charge in [-0.2, -0.15) is 0 Å². The van der Waals surface area contributed by atoms with Gasteiger partial charge in [0.1, 0.15) is 0 Å². The summed E-state index contributed by atoms with van der Waals surface area (Å²) in [5.74, 6) is 4.40. The molecule has 4 saturated carbocycles. The molecule has 4 aliphatic carbocycles. The summed E-state index contributed by atoms with van der Waals surface area (Å²) in [6.45, 7) is 14.0. The van der Waals surface area contributed by atoms with Gasteiger partial charge in [-0.15, -0.1) is 6.58 Å². The first-order valence-corrected chi connectivity index (χ1v) is 9.81. The molecule has 0 heteroatoms. The third-order valence-corrected chi connectivity index (χ3v) is 8.77. The highest BCUT2D eigenvalue weighted by Gasteiger charge is 2.60. The Morgan fingerprint density at radius 3 is 2.59 bits per heavy atom. The predicted molar refractivity (Wildman–Crippen MR) is 94.6 cm³/mol. The molecule has 0 amide bonds. The topological polar surface area (TPSA) is 0 Å². The van der Waals surface area contributed by atoms with Crippen LogP contribution in [0.2, 0.25) is 0 Å². The molecule has 4 rings (SSSR count). The Morgan fingerprint density at radius 2 is 1.82 bits per heavy atom. The molecule has 0 aromatic rings. The molecule has 7 atom stereocenters. The van der Waals surface area contributed by atoms with E-state index in [9.17, 15) is 0 Å². The highest BCUT2D eigenvalue weighted by Crippen LogP contribution is 2.68. The van der Waals surface area contributed by atoms with Crippen LogP contribution >= 0.6 is 0 Å². The minimum atomic E-state index is 0.470. The first-order valence-electron chi connectivity index (χ1n) is 9.81. The number of hydrogen-bond donors (Lipinski definition) is 0. The average molecular weight is 299 g/mol. The zero-order valence-corrected chi connectivity index (χ0v) is 14.7. The van der Waals surface area contributed by atoms with Crippen LogP contribution in [0.15, 0.2) is 24.8 Å². The van der Waals surface area contributed by atoms with Crippen LogP contribution in [0.25, 0.3) is 0 Å². The zero-order valence-electron chi connectivity index (χ0n) is 14.7. The molecule has 7 unspecified atom stereocenters. The van der Waals surface area contributed by atoms with E-state index in [1.807, 2.05) is 0 Å². The standard InChI is InChI=1S/C22H34/c1-5-16-10-12-19-18-11-9-17-8-6-7-13-21(17,3)20(18)15(2)14-22(16,19)4/h5,16-20H,1-2,6-14H2,3-4H3. The minimum Gasteiger partial charge on any atom is -0.103 e. The largest absolute Gasteiger partial charge is 0.103 e. The summed E-state index contributed by atoms with van der Waals surface area (Å²) in [6, 6.07) is 0. The van der Waals surface area contributed by atoms with Gasteiger partial charge in [0.15, 0.2) is 0 Å². The van der Waals surface area contributed by atoms with Gasteiger partial charge in [-0.05, 0) is 85.4 Å². The van der Waals surface area contributed by atoms with E-state index in [2.05, 4.69) is 33.1 Å². The van der Waals surface area contributed by atoms with Crippen molar-refractivity contribution >= 4 is 0 Å². The third kappa shape index (κ3) is 1.82. The van der Waals surface area contributed by atoms with Crippen molar-refractivity contribution in [3.63, 3.8) is 0 Å². The highest BCUT2D eigenvalue weighted by atomic mass is 14.6. The Balaban J connectivity index is 1.71. The molecule has 0 spiro atoms. The van der Waals surface area contributed by atoms with Gasteiger partial charge >= 0.3 is 0 Å². The van der Waals surface area contributed by atoms with Crippen molar-refractivity contribution in [2.45, 2.75) is 71.6 Å². The van der Waals surface area contributed by atoms with Crippen molar-refractivity contribution in [2.75, 3.05) is 0 Å². The lowest BCUT2D eigenvalue weighted by molar-refractivity contribution is -0.0776. The van der Waals surface area contributed by atoms with Crippen LogP contribution in [0.4, 0.5) is 0 Å². The fraction of sp³-hybridized carbons (Fsp3) is 0.818. The predicted octanol–water partition coefficient (Wildman–Crippen LogP) is 6.39. The summed E-state index contributed by atoms with van der Waals surface area (Å²) >= 11 is 0. The molecule has 0 radical (unpaired) electrons. The molecule has 0 aromatic heterocycles. The molecule has 4 fully saturated rings. The van der Waals surface area contributed by atoms with Crippen molar-refractivity contribution < 1.29 is 0 Å². The average Bonchev–Trinajstić information content (AvgIpc) is 2.82. The quantitative estimate of drug-likeness (QED) is 0.492. The second kappa shape index (κ2) is 4.99. The van der Waals surface area contributed by atoms with Crippen LogP contribution in [0.3, 0.4) is 0 Å². The van der Waals surface area contributed by atoms with Crippen molar-refractivity contribution in [3.05, 3.63) is 24.8 Å². The molecule has 0 bridgehead atoms. The van der Waals surface area contributed by atoms with E-state index in [1.54, 1.807) is 5.57 Å². The Hall–Kier alpha value is -0.520. The lowest BCUT2D eigenvalue weighted by Gasteiger charge is -2.61. The highest BCUT2D eigenvalue weighted by molar-refractivity contribution is 5.23. The van der Waals surface area contributed by atoms with E-state index < -0.39 is 0 Å². The van der Waals surface area contributed by atoms with E-state index in [0.717, 1.165) is 29.6 Å². The lowest BCUT2D eigenvalue weighted by atomic mass is 9.44. The monoisotopic (exact) mass is 298 g/mol. The van der Waals surface area contributed by atoms with Crippen LogP contribution in [-0.4, -0.2) is 0 Å². The molecule has 122 valence electrons. The van der Waals surface area contributed by atoms with Crippen molar-refractivity contribution in [3.8, 4) is 0 Å². The SMILES string of the molecule is C=CC1CCC2C3CCC4CCCCC4(C)C3C(=C)CC12C. The van der Waals surface area contributed by atoms with Gasteiger partial charge in [0.25, 0.3) is 0 Å². The van der Waals surface area contributed by atoms with Crippen LogP contribution in [0, 0.1) is 40.4 Å². The summed E-state index contributed by atoms with van der Waals surface area (Å²) in [4.78, 5) is 0. The van der Waals surface area contributed by atoms with E-state index in [1.165, 1.54) is 57.8 Å². The summed E-state index contributed by atoms with van der Waals surface area (Å²) in [6.07, 6.45) is 15.2. The fourth-order valence-electron chi connectivity index (χ4n) is 7.81. The van der Waals surface area contributed by atoms with Crippen LogP contribution in [0.5, 0.6) is 0 Å². The van der Waals surface area contributed by atoms with Crippen LogP contribution in [-0.2, 0) is 0 Å². The first-order chi connectivity index (χ1) is 10.5. The second-order valence-electron chi connectivity index (χ2n) is 9.53. The summed E-state index contributed by atoms with van der Waals surface area (Å²) in [5, 5.41) is 0. The van der Waals surface area contributed by atoms with Gasteiger partial charge in [0, 0.05) is 0 Å². The molecular weight excluding hydrogens is 264 g/mol. The molecule has 22 heavy (non-hydrogen) atoms. The molecule has 0 N–H and O–H groups in total. The van der Waals surface area contributed by atoms with Crippen molar-refractivity contribution in [1.29, 1.82) is 0 Å². The Bertz CT molecular complexity index is 488. The van der Waals surface area contributed by atoms with Gasteiger partial charge in [-0.1, -0.05) is 44.9 Å². The zero-order chi connectivity index (χ0) is 15.5. The lowest BCUT2D eigenvalue weighted by Crippen LogP contribution is -2.53. The molecule has 4 aliphatic rings. The van der Waals surface area contributed by atoms with E-state index in [-0.39, 0.29) is 0 Å². The Kier molecular flexibility index (Phi) is 3.41.